The molecular formula is C12H16N2O3. The van der Waals surface area contributed by atoms with E-state index in [9.17, 15) is 9.59 Å². The fourth-order valence-electron chi connectivity index (χ4n) is 1.19. The Balaban J connectivity index is 0.000000181. The second-order valence-corrected chi connectivity index (χ2v) is 3.65. The molecule has 0 unspecified atom stereocenters. The van der Waals surface area contributed by atoms with Crippen molar-refractivity contribution in [1.29, 1.82) is 0 Å². The predicted octanol–water partition coefficient (Wildman–Crippen LogP) is 0.0507. The van der Waals surface area contributed by atoms with Gasteiger partial charge < -0.3 is 15.8 Å². The number of amides is 1. The van der Waals surface area contributed by atoms with E-state index in [1.165, 1.54) is 0 Å². The molecule has 5 nitrogen and oxygen atoms in total. The maximum absolute atomic E-state index is 10.2. The van der Waals surface area contributed by atoms with Gasteiger partial charge in [0.15, 0.2) is 0 Å². The lowest BCUT2D eigenvalue weighted by molar-refractivity contribution is -0.129. The van der Waals surface area contributed by atoms with Gasteiger partial charge in [-0.15, -0.1) is 0 Å². The Labute approximate surface area is 99.9 Å². The topological polar surface area (TPSA) is 81.4 Å². The highest BCUT2D eigenvalue weighted by molar-refractivity contribution is 5.78. The molecule has 1 amide bonds. The molecule has 5 heteroatoms. The largest absolute Gasteiger partial charge is 0.463 e. The van der Waals surface area contributed by atoms with E-state index in [4.69, 9.17) is 5.73 Å². The summed E-state index contributed by atoms with van der Waals surface area (Å²) in [6.07, 6.45) is 0. The molecule has 0 bridgehead atoms. The minimum Gasteiger partial charge on any atom is -0.463 e. The first kappa shape index (κ1) is 13.2. The van der Waals surface area contributed by atoms with Gasteiger partial charge in [-0.25, -0.2) is 0 Å². The van der Waals surface area contributed by atoms with E-state index in [-0.39, 0.29) is 11.8 Å². The van der Waals surface area contributed by atoms with E-state index in [2.05, 4.69) is 10.1 Å². The highest BCUT2D eigenvalue weighted by Gasteiger charge is 2.21. The highest BCUT2D eigenvalue weighted by Crippen LogP contribution is 1.99. The predicted molar refractivity (Wildman–Crippen MR) is 62.8 cm³/mol. The van der Waals surface area contributed by atoms with Gasteiger partial charge >= 0.3 is 0 Å². The third-order valence-electron chi connectivity index (χ3n) is 2.34. The smallest absolute Gasteiger partial charge is 0.293 e. The molecule has 0 spiro atoms. The lowest BCUT2D eigenvalue weighted by atomic mass is 10.0. The van der Waals surface area contributed by atoms with Crippen LogP contribution in [-0.2, 0) is 20.9 Å². The van der Waals surface area contributed by atoms with Crippen LogP contribution in [0.15, 0.2) is 30.3 Å². The van der Waals surface area contributed by atoms with Crippen molar-refractivity contribution >= 4 is 12.4 Å². The quantitative estimate of drug-likeness (QED) is 0.724. The van der Waals surface area contributed by atoms with Crippen LogP contribution in [0.2, 0.25) is 0 Å². The van der Waals surface area contributed by atoms with E-state index in [1.807, 2.05) is 30.3 Å². The summed E-state index contributed by atoms with van der Waals surface area (Å²) in [5.41, 5.74) is 5.93. The molecule has 17 heavy (non-hydrogen) atoms. The van der Waals surface area contributed by atoms with Gasteiger partial charge in [-0.2, -0.15) is 0 Å². The van der Waals surface area contributed by atoms with Gasteiger partial charge in [0.1, 0.15) is 6.61 Å². The molecule has 3 N–H and O–H groups in total. The van der Waals surface area contributed by atoms with Crippen molar-refractivity contribution < 1.29 is 14.3 Å². The zero-order valence-electron chi connectivity index (χ0n) is 9.46. The van der Waals surface area contributed by atoms with Crippen LogP contribution in [0.1, 0.15) is 5.56 Å². The number of hydrogen-bond donors (Lipinski definition) is 2. The molecule has 1 saturated heterocycles. The normalized spacial score (nSPS) is 13.9. The zero-order valence-corrected chi connectivity index (χ0v) is 9.46. The second-order valence-electron chi connectivity index (χ2n) is 3.65. The number of carbonyl (C=O) groups is 2. The SMILES string of the molecule is NC(=O)C1CNC1.O=COCc1ccccc1. The van der Waals surface area contributed by atoms with Crippen molar-refractivity contribution in [2.45, 2.75) is 6.61 Å². The van der Waals surface area contributed by atoms with Crippen molar-refractivity contribution in [3.63, 3.8) is 0 Å². The molecule has 0 aromatic heterocycles. The summed E-state index contributed by atoms with van der Waals surface area (Å²) in [5.74, 6) is -0.0706. The fraction of sp³-hybridized carbons (Fsp3) is 0.333. The summed E-state index contributed by atoms with van der Waals surface area (Å²) >= 11 is 0. The van der Waals surface area contributed by atoms with Crippen LogP contribution in [-0.4, -0.2) is 25.5 Å². The summed E-state index contributed by atoms with van der Waals surface area (Å²) in [6, 6.07) is 9.55. The Kier molecular flexibility index (Phi) is 5.74. The van der Waals surface area contributed by atoms with Crippen LogP contribution in [0.3, 0.4) is 0 Å². The minimum atomic E-state index is -0.182. The Hall–Kier alpha value is -1.88. The van der Waals surface area contributed by atoms with Gasteiger partial charge in [0, 0.05) is 13.1 Å². The molecule has 1 aromatic rings. The van der Waals surface area contributed by atoms with Gasteiger partial charge in [0.05, 0.1) is 5.92 Å². The third-order valence-corrected chi connectivity index (χ3v) is 2.34. The highest BCUT2D eigenvalue weighted by atomic mass is 16.5. The lowest BCUT2D eigenvalue weighted by Gasteiger charge is -2.22. The van der Waals surface area contributed by atoms with E-state index >= 15 is 0 Å². The summed E-state index contributed by atoms with van der Waals surface area (Å²) in [4.78, 5) is 19.9. The Morgan fingerprint density at radius 2 is 2.06 bits per heavy atom. The molecule has 92 valence electrons. The van der Waals surface area contributed by atoms with Crippen LogP contribution in [0, 0.1) is 5.92 Å². The average molecular weight is 236 g/mol. The van der Waals surface area contributed by atoms with Crippen LogP contribution < -0.4 is 11.1 Å². The number of hydrogen-bond acceptors (Lipinski definition) is 4. The molecule has 0 radical (unpaired) electrons. The van der Waals surface area contributed by atoms with E-state index in [1.54, 1.807) is 0 Å². The molecule has 0 atom stereocenters. The zero-order chi connectivity index (χ0) is 12.5. The van der Waals surface area contributed by atoms with Gasteiger partial charge in [-0.05, 0) is 5.56 Å². The number of rotatable bonds is 4. The second kappa shape index (κ2) is 7.40. The first-order valence-electron chi connectivity index (χ1n) is 5.33. The summed E-state index contributed by atoms with van der Waals surface area (Å²) in [5, 5.41) is 2.94. The van der Waals surface area contributed by atoms with Crippen molar-refractivity contribution in [2.75, 3.05) is 13.1 Å². The summed E-state index contributed by atoms with van der Waals surface area (Å²) in [6.45, 7) is 2.36. The molecule has 1 aliphatic rings. The van der Waals surface area contributed by atoms with E-state index < -0.39 is 0 Å². The molecule has 0 aliphatic carbocycles. The number of primary amides is 1. The summed E-state index contributed by atoms with van der Waals surface area (Å²) in [7, 11) is 0. The number of nitrogens with one attached hydrogen (secondary N) is 1. The Morgan fingerprint density at radius 1 is 1.41 bits per heavy atom. The first-order chi connectivity index (χ1) is 8.24. The molecule has 1 aromatic carbocycles. The van der Waals surface area contributed by atoms with Gasteiger partial charge in [-0.3, -0.25) is 9.59 Å². The Bertz CT molecular complexity index is 350. The fourth-order valence-corrected chi connectivity index (χ4v) is 1.19. The van der Waals surface area contributed by atoms with Gasteiger partial charge in [0.25, 0.3) is 6.47 Å². The average Bonchev–Trinajstić information content (AvgIpc) is 2.25. The van der Waals surface area contributed by atoms with E-state index in [0.717, 1.165) is 18.7 Å². The van der Waals surface area contributed by atoms with Gasteiger partial charge in [-0.1, -0.05) is 30.3 Å². The van der Waals surface area contributed by atoms with E-state index in [0.29, 0.717) is 13.1 Å². The molecular weight excluding hydrogens is 220 g/mol. The third kappa shape index (κ3) is 5.12. The molecule has 1 aliphatic heterocycles. The molecule has 1 heterocycles. The monoisotopic (exact) mass is 236 g/mol. The summed E-state index contributed by atoms with van der Waals surface area (Å²) < 4.78 is 4.54. The molecule has 2 rings (SSSR count). The Morgan fingerprint density at radius 3 is 2.41 bits per heavy atom. The van der Waals surface area contributed by atoms with Crippen LogP contribution in [0.5, 0.6) is 0 Å². The van der Waals surface area contributed by atoms with Crippen molar-refractivity contribution in [1.82, 2.24) is 5.32 Å². The van der Waals surface area contributed by atoms with Crippen LogP contribution in [0.25, 0.3) is 0 Å². The molecule has 1 fully saturated rings. The number of carbonyl (C=O) groups excluding carboxylic acids is 2. The maximum Gasteiger partial charge on any atom is 0.293 e. The number of nitrogens with two attached hydrogens (primary N) is 1. The van der Waals surface area contributed by atoms with Crippen molar-refractivity contribution in [3.05, 3.63) is 35.9 Å². The number of benzene rings is 1. The maximum atomic E-state index is 10.2. The molecule has 0 saturated carbocycles. The van der Waals surface area contributed by atoms with Gasteiger partial charge in [0.2, 0.25) is 5.91 Å². The van der Waals surface area contributed by atoms with Crippen molar-refractivity contribution in [2.24, 2.45) is 11.7 Å². The lowest BCUT2D eigenvalue weighted by Crippen LogP contribution is -2.49. The van der Waals surface area contributed by atoms with Crippen LogP contribution in [0.4, 0.5) is 0 Å². The standard InChI is InChI=1S/C8H8O2.C4H8N2O/c9-7-10-6-8-4-2-1-3-5-8;5-4(7)3-1-6-2-3/h1-5,7H,6H2;3,6H,1-2H2,(H2,5,7). The first-order valence-corrected chi connectivity index (χ1v) is 5.33. The van der Waals surface area contributed by atoms with Crippen LogP contribution >= 0.6 is 0 Å². The number of ether oxygens (including phenoxy) is 1. The minimum absolute atomic E-state index is 0.111. The van der Waals surface area contributed by atoms with Crippen molar-refractivity contribution in [3.8, 4) is 0 Å².